The predicted molar refractivity (Wildman–Crippen MR) is 77.4 cm³/mol. The van der Waals surface area contributed by atoms with Gasteiger partial charge in [0.05, 0.1) is 19.0 Å². The molecule has 0 spiro atoms. The van der Waals surface area contributed by atoms with E-state index < -0.39 is 0 Å². The molecule has 1 heterocycles. The molecule has 18 heavy (non-hydrogen) atoms. The Morgan fingerprint density at radius 3 is 2.78 bits per heavy atom. The zero-order valence-corrected chi connectivity index (χ0v) is 12.1. The van der Waals surface area contributed by atoms with Gasteiger partial charge in [-0.25, -0.2) is 0 Å². The van der Waals surface area contributed by atoms with Crippen LogP contribution in [0.5, 0.6) is 11.5 Å². The SMILES string of the molecule is CCCCCCCSCc1cc(OC)c(O)cn1. The molecule has 3 nitrogen and oxygen atoms in total. The summed E-state index contributed by atoms with van der Waals surface area (Å²) < 4.78 is 5.06. The molecule has 0 aromatic carbocycles. The van der Waals surface area contributed by atoms with Crippen LogP contribution in [0.25, 0.3) is 0 Å². The van der Waals surface area contributed by atoms with E-state index in [4.69, 9.17) is 4.74 Å². The van der Waals surface area contributed by atoms with Crippen LogP contribution in [0.15, 0.2) is 12.3 Å². The van der Waals surface area contributed by atoms with Gasteiger partial charge in [-0.15, -0.1) is 0 Å². The fourth-order valence-corrected chi connectivity index (χ4v) is 2.62. The number of hydrogen-bond donors (Lipinski definition) is 1. The average Bonchev–Trinajstić information content (AvgIpc) is 2.39. The number of hydrogen-bond acceptors (Lipinski definition) is 4. The Morgan fingerprint density at radius 2 is 2.06 bits per heavy atom. The molecular weight excluding hydrogens is 246 g/mol. The number of unbranched alkanes of at least 4 members (excludes halogenated alkanes) is 4. The van der Waals surface area contributed by atoms with Crippen molar-refractivity contribution in [2.75, 3.05) is 12.9 Å². The van der Waals surface area contributed by atoms with Gasteiger partial charge in [-0.2, -0.15) is 11.8 Å². The Hall–Kier alpha value is -0.900. The third kappa shape index (κ3) is 5.63. The first kappa shape index (κ1) is 15.2. The van der Waals surface area contributed by atoms with Crippen LogP contribution in [0.2, 0.25) is 0 Å². The molecule has 0 atom stereocenters. The van der Waals surface area contributed by atoms with Gasteiger partial charge in [0.2, 0.25) is 0 Å². The number of pyridine rings is 1. The van der Waals surface area contributed by atoms with E-state index >= 15 is 0 Å². The Morgan fingerprint density at radius 1 is 1.28 bits per heavy atom. The second-order valence-electron chi connectivity index (χ2n) is 4.31. The fraction of sp³-hybridized carbons (Fsp3) is 0.643. The number of rotatable bonds is 9. The van der Waals surface area contributed by atoms with Gasteiger partial charge in [-0.1, -0.05) is 32.6 Å². The van der Waals surface area contributed by atoms with Crippen molar-refractivity contribution in [3.63, 3.8) is 0 Å². The zero-order valence-electron chi connectivity index (χ0n) is 11.3. The molecule has 0 saturated carbocycles. The molecule has 1 rings (SSSR count). The van der Waals surface area contributed by atoms with Crippen molar-refractivity contribution in [1.82, 2.24) is 4.98 Å². The van der Waals surface area contributed by atoms with E-state index in [0.717, 1.165) is 11.4 Å². The summed E-state index contributed by atoms with van der Waals surface area (Å²) in [7, 11) is 1.56. The van der Waals surface area contributed by atoms with Crippen molar-refractivity contribution in [2.24, 2.45) is 0 Å². The maximum atomic E-state index is 9.43. The molecule has 4 heteroatoms. The molecule has 0 unspecified atom stereocenters. The fourth-order valence-electron chi connectivity index (χ4n) is 1.70. The quantitative estimate of drug-likeness (QED) is 0.688. The molecule has 0 fully saturated rings. The summed E-state index contributed by atoms with van der Waals surface area (Å²) in [4.78, 5) is 4.18. The van der Waals surface area contributed by atoms with Crippen molar-refractivity contribution in [3.8, 4) is 11.5 Å². The number of aromatic hydroxyl groups is 1. The highest BCUT2D eigenvalue weighted by Crippen LogP contribution is 2.26. The van der Waals surface area contributed by atoms with Crippen LogP contribution in [-0.2, 0) is 5.75 Å². The minimum Gasteiger partial charge on any atom is -0.503 e. The van der Waals surface area contributed by atoms with Gasteiger partial charge >= 0.3 is 0 Å². The highest BCUT2D eigenvalue weighted by Gasteiger charge is 2.03. The van der Waals surface area contributed by atoms with E-state index in [0.29, 0.717) is 5.75 Å². The Balaban J connectivity index is 2.19. The predicted octanol–water partition coefficient (Wildman–Crippen LogP) is 4.00. The van der Waals surface area contributed by atoms with Gasteiger partial charge in [0, 0.05) is 11.8 Å². The standard InChI is InChI=1S/C14H23NO2S/c1-3-4-5-6-7-8-18-11-12-9-14(17-2)13(16)10-15-12/h9-10,16H,3-8,11H2,1-2H3. The lowest BCUT2D eigenvalue weighted by Crippen LogP contribution is -1.91. The molecule has 0 amide bonds. The lowest BCUT2D eigenvalue weighted by Gasteiger charge is -2.05. The largest absolute Gasteiger partial charge is 0.503 e. The molecule has 0 bridgehead atoms. The van der Waals surface area contributed by atoms with Crippen molar-refractivity contribution >= 4 is 11.8 Å². The number of aromatic nitrogens is 1. The van der Waals surface area contributed by atoms with Gasteiger partial charge in [-0.05, 0) is 12.2 Å². The Bertz CT molecular complexity index is 345. The van der Waals surface area contributed by atoms with E-state index in [-0.39, 0.29) is 5.75 Å². The smallest absolute Gasteiger partial charge is 0.176 e. The van der Waals surface area contributed by atoms with Crippen molar-refractivity contribution in [3.05, 3.63) is 18.0 Å². The first-order valence-electron chi connectivity index (χ1n) is 6.57. The van der Waals surface area contributed by atoms with Crippen molar-refractivity contribution in [1.29, 1.82) is 0 Å². The Labute approximate surface area is 114 Å². The summed E-state index contributed by atoms with van der Waals surface area (Å²) in [6.45, 7) is 2.23. The first-order chi connectivity index (χ1) is 8.77. The van der Waals surface area contributed by atoms with Crippen molar-refractivity contribution in [2.45, 2.75) is 44.8 Å². The molecule has 0 aliphatic carbocycles. The summed E-state index contributed by atoms with van der Waals surface area (Å²) in [6, 6.07) is 1.80. The van der Waals surface area contributed by atoms with E-state index in [9.17, 15) is 5.11 Å². The van der Waals surface area contributed by atoms with Crippen LogP contribution >= 0.6 is 11.8 Å². The summed E-state index contributed by atoms with van der Waals surface area (Å²) >= 11 is 1.89. The van der Waals surface area contributed by atoms with Crippen LogP contribution in [0, 0.1) is 0 Å². The topological polar surface area (TPSA) is 42.4 Å². The number of nitrogens with zero attached hydrogens (tertiary/aromatic N) is 1. The average molecular weight is 269 g/mol. The second-order valence-corrected chi connectivity index (χ2v) is 5.42. The molecule has 0 saturated heterocycles. The van der Waals surface area contributed by atoms with E-state index in [1.807, 2.05) is 11.8 Å². The van der Waals surface area contributed by atoms with Crippen molar-refractivity contribution < 1.29 is 9.84 Å². The van der Waals surface area contributed by atoms with Gasteiger partial charge in [0.15, 0.2) is 11.5 Å². The van der Waals surface area contributed by atoms with E-state index in [1.54, 1.807) is 13.2 Å². The number of thioether (sulfide) groups is 1. The maximum absolute atomic E-state index is 9.43. The molecule has 102 valence electrons. The monoisotopic (exact) mass is 269 g/mol. The molecule has 0 radical (unpaired) electrons. The third-order valence-corrected chi connectivity index (χ3v) is 3.84. The lowest BCUT2D eigenvalue weighted by molar-refractivity contribution is 0.371. The Kier molecular flexibility index (Phi) is 7.65. The molecule has 0 aliphatic heterocycles. The third-order valence-electron chi connectivity index (χ3n) is 2.76. The van der Waals surface area contributed by atoms with Crippen LogP contribution in [0.1, 0.15) is 44.7 Å². The highest BCUT2D eigenvalue weighted by molar-refractivity contribution is 7.98. The van der Waals surface area contributed by atoms with E-state index in [2.05, 4.69) is 11.9 Å². The number of methoxy groups -OCH3 is 1. The minimum absolute atomic E-state index is 0.103. The maximum Gasteiger partial charge on any atom is 0.176 e. The molecule has 1 aromatic rings. The van der Waals surface area contributed by atoms with Crippen LogP contribution in [-0.4, -0.2) is 23.0 Å². The van der Waals surface area contributed by atoms with Gasteiger partial charge in [0.1, 0.15) is 0 Å². The van der Waals surface area contributed by atoms with Crippen LogP contribution in [0.4, 0.5) is 0 Å². The van der Waals surface area contributed by atoms with Crippen LogP contribution in [0.3, 0.4) is 0 Å². The summed E-state index contributed by atoms with van der Waals surface area (Å²) in [6.07, 6.45) is 8.05. The highest BCUT2D eigenvalue weighted by atomic mass is 32.2. The summed E-state index contributed by atoms with van der Waals surface area (Å²) in [5, 5.41) is 9.43. The second kappa shape index (κ2) is 9.09. The zero-order chi connectivity index (χ0) is 13.2. The molecule has 1 N–H and O–H groups in total. The molecule has 1 aromatic heterocycles. The summed E-state index contributed by atoms with van der Waals surface area (Å²) in [5.74, 6) is 2.66. The molecule has 0 aliphatic rings. The normalized spacial score (nSPS) is 10.6. The van der Waals surface area contributed by atoms with Gasteiger partial charge < -0.3 is 9.84 Å². The van der Waals surface area contributed by atoms with E-state index in [1.165, 1.54) is 44.1 Å². The van der Waals surface area contributed by atoms with Gasteiger partial charge in [0.25, 0.3) is 0 Å². The van der Waals surface area contributed by atoms with Crippen LogP contribution < -0.4 is 4.74 Å². The first-order valence-corrected chi connectivity index (χ1v) is 7.73. The lowest BCUT2D eigenvalue weighted by atomic mass is 10.2. The molecular formula is C14H23NO2S. The number of ether oxygens (including phenoxy) is 1. The van der Waals surface area contributed by atoms with Gasteiger partial charge in [-0.3, -0.25) is 4.98 Å². The minimum atomic E-state index is 0.103. The summed E-state index contributed by atoms with van der Waals surface area (Å²) in [5.41, 5.74) is 0.961.